The van der Waals surface area contributed by atoms with Crippen LogP contribution in [-0.2, 0) is 16.0 Å². The average Bonchev–Trinajstić information content (AvgIpc) is 3.58. The summed E-state index contributed by atoms with van der Waals surface area (Å²) >= 11 is 11.0. The van der Waals surface area contributed by atoms with Gasteiger partial charge in [0, 0.05) is 38.9 Å². The SMILES string of the molecule is CCOC(=O)c1sc(N2CC[C@@H](CC(=O)c3[nH]c(C)c(Br)c3Cl)[C@@H](OC)C2)nc1-c1ncnn1CC. The molecule has 0 spiro atoms. The monoisotopic (exact) mass is 598 g/mol. The number of halogens is 2. The van der Waals surface area contributed by atoms with Crippen LogP contribution in [0.3, 0.4) is 0 Å². The molecule has 1 aliphatic rings. The first kappa shape index (κ1) is 26.8. The van der Waals surface area contributed by atoms with Crippen LogP contribution < -0.4 is 4.90 Å². The summed E-state index contributed by atoms with van der Waals surface area (Å²) in [5.41, 5.74) is 1.70. The van der Waals surface area contributed by atoms with Crippen LogP contribution in [0.2, 0.25) is 5.02 Å². The molecule has 4 heterocycles. The number of hydrogen-bond acceptors (Lipinski definition) is 9. The molecule has 0 bridgehead atoms. The number of methoxy groups -OCH3 is 1. The number of ether oxygens (including phenoxy) is 2. The summed E-state index contributed by atoms with van der Waals surface area (Å²) in [4.78, 5) is 40.4. The molecule has 13 heteroatoms. The van der Waals surface area contributed by atoms with Gasteiger partial charge in [0.15, 0.2) is 16.7 Å². The van der Waals surface area contributed by atoms with Crippen LogP contribution in [0.4, 0.5) is 5.13 Å². The molecular weight excluding hydrogens is 572 g/mol. The number of carbonyl (C=O) groups is 2. The predicted octanol–water partition coefficient (Wildman–Crippen LogP) is 4.76. The lowest BCUT2D eigenvalue weighted by molar-refractivity contribution is 0.0375. The van der Waals surface area contributed by atoms with Crippen LogP contribution in [0.5, 0.6) is 0 Å². The van der Waals surface area contributed by atoms with Crippen molar-refractivity contribution in [2.24, 2.45) is 5.92 Å². The van der Waals surface area contributed by atoms with Crippen LogP contribution in [0, 0.1) is 12.8 Å². The standard InChI is InChI=1S/C23H28BrClN6O4S/c1-5-31-21(26-11-27-31)19-20(22(33)35-6-2)36-23(29-19)30-8-7-13(15(10-30)34-4)9-14(32)18-17(25)16(24)12(3)28-18/h11,13,15,28H,5-10H2,1-4H3/t13-,15-/m0/s1. The van der Waals surface area contributed by atoms with Gasteiger partial charge in [-0.1, -0.05) is 22.9 Å². The van der Waals surface area contributed by atoms with E-state index in [9.17, 15) is 9.59 Å². The molecule has 10 nitrogen and oxygen atoms in total. The first-order chi connectivity index (χ1) is 17.3. The van der Waals surface area contributed by atoms with Gasteiger partial charge in [-0.2, -0.15) is 5.10 Å². The quantitative estimate of drug-likeness (QED) is 0.276. The number of nitrogens with one attached hydrogen (secondary N) is 1. The topological polar surface area (TPSA) is 115 Å². The number of anilines is 1. The molecule has 1 N–H and O–H groups in total. The highest BCUT2D eigenvalue weighted by atomic mass is 79.9. The Morgan fingerprint density at radius 1 is 1.36 bits per heavy atom. The van der Waals surface area contributed by atoms with E-state index >= 15 is 0 Å². The molecule has 0 aliphatic carbocycles. The van der Waals surface area contributed by atoms with Crippen molar-refractivity contribution < 1.29 is 19.1 Å². The second-order valence-corrected chi connectivity index (χ2v) is 10.6. The average molecular weight is 600 g/mol. The Morgan fingerprint density at radius 3 is 2.78 bits per heavy atom. The Hall–Kier alpha value is -2.28. The highest BCUT2D eigenvalue weighted by Gasteiger charge is 2.35. The Morgan fingerprint density at radius 2 is 2.14 bits per heavy atom. The number of aromatic nitrogens is 5. The van der Waals surface area contributed by atoms with E-state index in [0.717, 1.165) is 12.1 Å². The molecule has 3 aromatic rings. The molecule has 0 saturated carbocycles. The fraction of sp³-hybridized carbons (Fsp3) is 0.522. The molecule has 2 atom stereocenters. The number of nitrogens with zero attached hydrogens (tertiary/aromatic N) is 5. The number of rotatable bonds is 9. The van der Waals surface area contributed by atoms with Gasteiger partial charge in [0.05, 0.1) is 22.2 Å². The molecule has 194 valence electrons. The van der Waals surface area contributed by atoms with Crippen molar-refractivity contribution in [3.8, 4) is 11.5 Å². The minimum absolute atomic E-state index is 0.0179. The van der Waals surface area contributed by atoms with E-state index in [4.69, 9.17) is 26.1 Å². The number of thiazole rings is 1. The van der Waals surface area contributed by atoms with E-state index < -0.39 is 5.97 Å². The van der Waals surface area contributed by atoms with Gasteiger partial charge in [-0.25, -0.2) is 19.4 Å². The first-order valence-electron chi connectivity index (χ1n) is 11.7. The fourth-order valence-corrected chi connectivity index (χ4v) is 5.93. The van der Waals surface area contributed by atoms with Crippen molar-refractivity contribution in [3.05, 3.63) is 32.1 Å². The molecular formula is C23H28BrClN6O4S. The smallest absolute Gasteiger partial charge is 0.350 e. The molecule has 1 aliphatic heterocycles. The second kappa shape index (κ2) is 11.4. The lowest BCUT2D eigenvalue weighted by atomic mass is 9.88. The van der Waals surface area contributed by atoms with Gasteiger partial charge >= 0.3 is 5.97 Å². The van der Waals surface area contributed by atoms with Crippen molar-refractivity contribution in [2.75, 3.05) is 31.7 Å². The summed E-state index contributed by atoms with van der Waals surface area (Å²) in [5.74, 6) is 0.0600. The number of Topliss-reactive ketones (excluding diaryl/α,β-unsaturated/α-hetero) is 1. The zero-order chi connectivity index (χ0) is 26.0. The number of hydrogen-bond donors (Lipinski definition) is 1. The van der Waals surface area contributed by atoms with Crippen molar-refractivity contribution in [1.82, 2.24) is 24.7 Å². The third-order valence-electron chi connectivity index (χ3n) is 6.25. The first-order valence-corrected chi connectivity index (χ1v) is 13.7. The summed E-state index contributed by atoms with van der Waals surface area (Å²) < 4.78 is 13.5. The second-order valence-electron chi connectivity index (χ2n) is 8.44. The Kier molecular flexibility index (Phi) is 8.48. The van der Waals surface area contributed by atoms with Crippen molar-refractivity contribution in [3.63, 3.8) is 0 Å². The summed E-state index contributed by atoms with van der Waals surface area (Å²) in [5, 5.41) is 5.30. The Labute approximate surface area is 226 Å². The molecule has 0 aromatic carbocycles. The molecule has 0 amide bonds. The Balaban J connectivity index is 1.55. The molecule has 3 aromatic heterocycles. The fourth-order valence-electron chi connectivity index (χ4n) is 4.35. The van der Waals surface area contributed by atoms with Gasteiger partial charge in [-0.15, -0.1) is 0 Å². The highest BCUT2D eigenvalue weighted by Crippen LogP contribution is 2.37. The van der Waals surface area contributed by atoms with Crippen LogP contribution in [0.25, 0.3) is 11.5 Å². The third-order valence-corrected chi connectivity index (χ3v) is 8.95. The number of aryl methyl sites for hydroxylation is 2. The van der Waals surface area contributed by atoms with Crippen molar-refractivity contribution >= 4 is 55.8 Å². The maximum absolute atomic E-state index is 13.0. The summed E-state index contributed by atoms with van der Waals surface area (Å²) in [7, 11) is 1.65. The van der Waals surface area contributed by atoms with Crippen LogP contribution in [0.1, 0.15) is 52.5 Å². The highest BCUT2D eigenvalue weighted by molar-refractivity contribution is 9.10. The molecule has 0 radical (unpaired) electrons. The predicted molar refractivity (Wildman–Crippen MR) is 141 cm³/mol. The number of ketones is 1. The van der Waals surface area contributed by atoms with Crippen LogP contribution in [0.15, 0.2) is 10.8 Å². The van der Waals surface area contributed by atoms with Gasteiger partial charge in [0.1, 0.15) is 22.6 Å². The minimum Gasteiger partial charge on any atom is -0.462 e. The van der Waals surface area contributed by atoms with Crippen LogP contribution >= 0.6 is 38.9 Å². The van der Waals surface area contributed by atoms with Crippen molar-refractivity contribution in [2.45, 2.75) is 46.3 Å². The van der Waals surface area contributed by atoms with E-state index in [2.05, 4.69) is 35.9 Å². The van der Waals surface area contributed by atoms with Gasteiger partial charge in [-0.05, 0) is 49.0 Å². The Bertz CT molecular complexity index is 1260. The molecule has 0 unspecified atom stereocenters. The number of aromatic amines is 1. The normalized spacial score (nSPS) is 18.0. The lowest BCUT2D eigenvalue weighted by Gasteiger charge is -2.37. The number of piperidine rings is 1. The largest absolute Gasteiger partial charge is 0.462 e. The summed E-state index contributed by atoms with van der Waals surface area (Å²) in [6, 6.07) is 0. The zero-order valence-corrected chi connectivity index (χ0v) is 23.7. The zero-order valence-electron chi connectivity index (χ0n) is 20.5. The van der Waals surface area contributed by atoms with Gasteiger partial charge in [-0.3, -0.25) is 4.79 Å². The number of carbonyl (C=O) groups excluding carboxylic acids is 2. The summed E-state index contributed by atoms with van der Waals surface area (Å²) in [6.07, 6.45) is 2.29. The van der Waals surface area contributed by atoms with E-state index in [0.29, 0.717) is 62.8 Å². The van der Waals surface area contributed by atoms with Gasteiger partial charge in [0.25, 0.3) is 0 Å². The maximum Gasteiger partial charge on any atom is 0.350 e. The van der Waals surface area contributed by atoms with E-state index in [-0.39, 0.29) is 24.4 Å². The summed E-state index contributed by atoms with van der Waals surface area (Å²) in [6.45, 7) is 7.63. The molecule has 36 heavy (non-hydrogen) atoms. The molecule has 4 rings (SSSR count). The lowest BCUT2D eigenvalue weighted by Crippen LogP contribution is -2.45. The van der Waals surface area contributed by atoms with E-state index in [1.807, 2.05) is 13.8 Å². The van der Waals surface area contributed by atoms with Crippen molar-refractivity contribution in [1.29, 1.82) is 0 Å². The minimum atomic E-state index is -0.435. The molecule has 1 fully saturated rings. The maximum atomic E-state index is 13.0. The van der Waals surface area contributed by atoms with E-state index in [1.54, 1.807) is 18.7 Å². The number of H-pyrrole nitrogens is 1. The van der Waals surface area contributed by atoms with Gasteiger partial charge in [0.2, 0.25) is 0 Å². The number of esters is 1. The third kappa shape index (κ3) is 5.22. The van der Waals surface area contributed by atoms with E-state index in [1.165, 1.54) is 17.7 Å². The van der Waals surface area contributed by atoms with Gasteiger partial charge < -0.3 is 19.4 Å². The van der Waals surface area contributed by atoms with Crippen LogP contribution in [-0.4, -0.2) is 69.4 Å². The molecule has 1 saturated heterocycles.